The van der Waals surface area contributed by atoms with E-state index in [1.165, 1.54) is 4.31 Å². The highest BCUT2D eigenvalue weighted by atomic mass is 32.2. The molecule has 0 amide bonds. The lowest BCUT2D eigenvalue weighted by atomic mass is 9.98. The molecule has 10 nitrogen and oxygen atoms in total. The van der Waals surface area contributed by atoms with Crippen LogP contribution >= 0.6 is 0 Å². The Morgan fingerprint density at radius 1 is 0.970 bits per heavy atom. The molecule has 0 saturated carbocycles. The lowest BCUT2D eigenvalue weighted by Gasteiger charge is -2.40. The lowest BCUT2D eigenvalue weighted by Crippen LogP contribution is -2.61. The maximum atomic E-state index is 13.0. The molecule has 4 heterocycles. The summed E-state index contributed by atoms with van der Waals surface area (Å²) in [6, 6.07) is 9.93. The minimum absolute atomic E-state index is 0.184. The highest BCUT2D eigenvalue weighted by molar-refractivity contribution is 7.84. The number of rotatable bonds is 5. The standard InChI is InChI=1S/C22H32N2O8S/c1-20(2)29-17-14-27-22(19(18(17)30-20)31-21(3,4)32-22)15-28-33(25,26)24-12-10-23(11-13-24)16-8-6-5-7-9-16/h5-9,17-19H,10-15H2,1-4H3/t17-,18-,19+,22+/m1/s1. The van der Waals surface area contributed by atoms with E-state index in [1.54, 1.807) is 13.8 Å². The Morgan fingerprint density at radius 3 is 2.36 bits per heavy atom. The highest BCUT2D eigenvalue weighted by Gasteiger charge is 2.66. The van der Waals surface area contributed by atoms with Gasteiger partial charge in [0.25, 0.3) is 0 Å². The molecule has 0 bridgehead atoms. The van der Waals surface area contributed by atoms with Crippen LogP contribution in [0, 0.1) is 0 Å². The van der Waals surface area contributed by atoms with Gasteiger partial charge in [-0.2, -0.15) is 12.7 Å². The Balaban J connectivity index is 1.26. The fraction of sp³-hybridized carbons (Fsp3) is 0.727. The van der Waals surface area contributed by atoms with Gasteiger partial charge in [-0.1, -0.05) is 18.2 Å². The van der Waals surface area contributed by atoms with Gasteiger partial charge in [0.15, 0.2) is 11.6 Å². The van der Waals surface area contributed by atoms with Gasteiger partial charge < -0.3 is 28.6 Å². The normalized spacial score (nSPS) is 35.9. The van der Waals surface area contributed by atoms with E-state index < -0.39 is 39.9 Å². The van der Waals surface area contributed by atoms with Gasteiger partial charge in [0.1, 0.15) is 24.9 Å². The van der Waals surface area contributed by atoms with Crippen LogP contribution in [0.5, 0.6) is 0 Å². The van der Waals surface area contributed by atoms with Gasteiger partial charge in [-0.15, -0.1) is 0 Å². The van der Waals surface area contributed by atoms with Crippen molar-refractivity contribution >= 4 is 16.0 Å². The molecule has 11 heteroatoms. The van der Waals surface area contributed by atoms with Crippen molar-refractivity contribution in [1.82, 2.24) is 4.31 Å². The average Bonchev–Trinajstić information content (AvgIpc) is 3.24. The van der Waals surface area contributed by atoms with Gasteiger partial charge in [-0.05, 0) is 39.8 Å². The Hall–Kier alpha value is -1.31. The van der Waals surface area contributed by atoms with Crippen LogP contribution < -0.4 is 4.90 Å². The van der Waals surface area contributed by atoms with E-state index in [0.29, 0.717) is 26.2 Å². The first-order chi connectivity index (χ1) is 15.5. The van der Waals surface area contributed by atoms with Crippen LogP contribution in [0.2, 0.25) is 0 Å². The summed E-state index contributed by atoms with van der Waals surface area (Å²) in [7, 11) is -4.00. The van der Waals surface area contributed by atoms with Crippen molar-refractivity contribution < 1.29 is 36.3 Å². The molecule has 4 fully saturated rings. The smallest absolute Gasteiger partial charge is 0.338 e. The number of hydrogen-bond donors (Lipinski definition) is 0. The maximum absolute atomic E-state index is 13.0. The Kier molecular flexibility index (Phi) is 5.77. The predicted molar refractivity (Wildman–Crippen MR) is 118 cm³/mol. The molecular formula is C22H32N2O8S. The monoisotopic (exact) mass is 484 g/mol. The zero-order valence-corrected chi connectivity index (χ0v) is 20.2. The number of benzene rings is 1. The average molecular weight is 485 g/mol. The molecule has 5 rings (SSSR count). The summed E-state index contributed by atoms with van der Waals surface area (Å²) in [5, 5.41) is 0. The minimum Gasteiger partial charge on any atom is -0.369 e. The van der Waals surface area contributed by atoms with E-state index in [-0.39, 0.29) is 19.3 Å². The molecule has 0 N–H and O–H groups in total. The summed E-state index contributed by atoms with van der Waals surface area (Å²) in [5.74, 6) is -3.20. The Morgan fingerprint density at radius 2 is 1.67 bits per heavy atom. The summed E-state index contributed by atoms with van der Waals surface area (Å²) < 4.78 is 63.1. The number of piperazine rings is 1. The predicted octanol–water partition coefficient (Wildman–Crippen LogP) is 1.47. The second-order valence-electron chi connectivity index (χ2n) is 9.74. The lowest BCUT2D eigenvalue weighted by molar-refractivity contribution is -0.290. The molecule has 184 valence electrons. The van der Waals surface area contributed by atoms with Crippen molar-refractivity contribution in [3.8, 4) is 0 Å². The zero-order chi connectivity index (χ0) is 23.5. The number of hydrogen-bond acceptors (Lipinski definition) is 9. The molecule has 0 radical (unpaired) electrons. The number of nitrogens with zero attached hydrogens (tertiary/aromatic N) is 2. The number of fused-ring (bicyclic) bond motifs is 3. The van der Waals surface area contributed by atoms with Crippen LogP contribution in [0.4, 0.5) is 5.69 Å². The molecule has 0 spiro atoms. The summed E-state index contributed by atoms with van der Waals surface area (Å²) in [6.45, 7) is 8.81. The number of anilines is 1. The third-order valence-corrected chi connectivity index (χ3v) is 7.77. The Labute approximate surface area is 194 Å². The molecule has 0 aromatic heterocycles. The summed E-state index contributed by atoms with van der Waals surface area (Å²) >= 11 is 0. The van der Waals surface area contributed by atoms with E-state index in [1.807, 2.05) is 44.2 Å². The molecule has 0 unspecified atom stereocenters. The minimum atomic E-state index is -4.00. The Bertz CT molecular complexity index is 964. The molecule has 4 saturated heterocycles. The molecular weight excluding hydrogens is 452 g/mol. The topological polar surface area (TPSA) is 96.0 Å². The number of ether oxygens (including phenoxy) is 5. The summed E-state index contributed by atoms with van der Waals surface area (Å²) in [4.78, 5) is 2.15. The van der Waals surface area contributed by atoms with E-state index in [9.17, 15) is 8.42 Å². The molecule has 4 atom stereocenters. The SMILES string of the molecule is CC1(C)O[C@@H]2[C@@H](CO[C@@]3(COS(=O)(=O)N4CCN(c5ccccc5)CC4)OC(C)(C)O[C@@H]23)O1. The first-order valence-electron chi connectivity index (χ1n) is 11.3. The van der Waals surface area contributed by atoms with Crippen molar-refractivity contribution in [1.29, 1.82) is 0 Å². The maximum Gasteiger partial charge on any atom is 0.338 e. The molecule has 0 aliphatic carbocycles. The van der Waals surface area contributed by atoms with Crippen molar-refractivity contribution in [3.05, 3.63) is 30.3 Å². The van der Waals surface area contributed by atoms with Gasteiger partial charge in [-0.25, -0.2) is 0 Å². The first-order valence-corrected chi connectivity index (χ1v) is 12.7. The molecule has 1 aromatic carbocycles. The van der Waals surface area contributed by atoms with Crippen LogP contribution in [0.25, 0.3) is 0 Å². The number of para-hydroxylation sites is 1. The molecule has 4 aliphatic heterocycles. The quantitative estimate of drug-likeness (QED) is 0.616. The van der Waals surface area contributed by atoms with Gasteiger partial charge in [0.05, 0.1) is 6.61 Å². The second kappa shape index (κ2) is 8.13. The van der Waals surface area contributed by atoms with E-state index in [4.69, 9.17) is 27.9 Å². The van der Waals surface area contributed by atoms with E-state index in [2.05, 4.69) is 4.90 Å². The molecule has 4 aliphatic rings. The van der Waals surface area contributed by atoms with Crippen molar-refractivity contribution in [2.24, 2.45) is 0 Å². The van der Waals surface area contributed by atoms with Gasteiger partial charge in [-0.3, -0.25) is 4.18 Å². The molecule has 1 aromatic rings. The molecule has 33 heavy (non-hydrogen) atoms. The second-order valence-corrected chi connectivity index (χ2v) is 11.4. The summed E-state index contributed by atoms with van der Waals surface area (Å²) in [6.07, 6.45) is -1.49. The zero-order valence-electron chi connectivity index (χ0n) is 19.4. The van der Waals surface area contributed by atoms with Crippen molar-refractivity contribution in [2.75, 3.05) is 44.3 Å². The van der Waals surface area contributed by atoms with Gasteiger partial charge in [0.2, 0.25) is 5.79 Å². The third kappa shape index (κ3) is 4.53. The van der Waals surface area contributed by atoms with Crippen LogP contribution in [-0.2, 0) is 38.2 Å². The largest absolute Gasteiger partial charge is 0.369 e. The van der Waals surface area contributed by atoms with Crippen LogP contribution in [0.1, 0.15) is 27.7 Å². The van der Waals surface area contributed by atoms with Crippen LogP contribution in [-0.4, -0.2) is 87.8 Å². The fourth-order valence-corrected chi connectivity index (χ4v) is 6.06. The highest BCUT2D eigenvalue weighted by Crippen LogP contribution is 2.47. The summed E-state index contributed by atoms with van der Waals surface area (Å²) in [5.41, 5.74) is 1.07. The van der Waals surface area contributed by atoms with E-state index >= 15 is 0 Å². The van der Waals surface area contributed by atoms with Gasteiger partial charge >= 0.3 is 10.3 Å². The van der Waals surface area contributed by atoms with Gasteiger partial charge in [0, 0.05) is 31.9 Å². The van der Waals surface area contributed by atoms with Crippen molar-refractivity contribution in [3.63, 3.8) is 0 Å². The first kappa shape index (κ1) is 23.4. The van der Waals surface area contributed by atoms with Crippen LogP contribution in [0.3, 0.4) is 0 Å². The van der Waals surface area contributed by atoms with Crippen LogP contribution in [0.15, 0.2) is 30.3 Å². The fourth-order valence-electron chi connectivity index (χ4n) is 4.99. The van der Waals surface area contributed by atoms with Crippen molar-refractivity contribution in [2.45, 2.75) is 63.4 Å². The third-order valence-electron chi connectivity index (χ3n) is 6.36. The van der Waals surface area contributed by atoms with E-state index in [0.717, 1.165) is 5.69 Å².